The van der Waals surface area contributed by atoms with Gasteiger partial charge in [-0.05, 0) is 37.1 Å². The lowest BCUT2D eigenvalue weighted by molar-refractivity contribution is -0.121. The highest BCUT2D eigenvalue weighted by atomic mass is 16.5. The average Bonchev–Trinajstić information content (AvgIpc) is 2.36. The van der Waals surface area contributed by atoms with Crippen molar-refractivity contribution in [3.05, 3.63) is 24.3 Å². The maximum absolute atomic E-state index is 11.8. The van der Waals surface area contributed by atoms with Crippen molar-refractivity contribution in [1.29, 1.82) is 0 Å². The first kappa shape index (κ1) is 14.4. The molecule has 4 heteroatoms. The van der Waals surface area contributed by atoms with Crippen LogP contribution in [0.2, 0.25) is 0 Å². The fraction of sp³-hybridized carbons (Fsp3) is 0.500. The molecule has 0 saturated carbocycles. The molecule has 0 bridgehead atoms. The van der Waals surface area contributed by atoms with Gasteiger partial charge in [-0.1, -0.05) is 13.8 Å². The van der Waals surface area contributed by atoms with E-state index in [0.717, 1.165) is 11.4 Å². The van der Waals surface area contributed by atoms with Gasteiger partial charge in [-0.3, -0.25) is 4.79 Å². The molecule has 0 spiro atoms. The Hall–Kier alpha value is -1.71. The van der Waals surface area contributed by atoms with E-state index < -0.39 is 0 Å². The molecule has 1 aromatic rings. The zero-order valence-corrected chi connectivity index (χ0v) is 11.5. The molecule has 0 radical (unpaired) electrons. The van der Waals surface area contributed by atoms with E-state index in [9.17, 15) is 4.79 Å². The number of carbonyl (C=O) groups excluding carboxylic acids is 1. The molecule has 100 valence electrons. The van der Waals surface area contributed by atoms with Gasteiger partial charge >= 0.3 is 0 Å². The number of methoxy groups -OCH3 is 1. The molecule has 0 aliphatic heterocycles. The third kappa shape index (κ3) is 4.65. The molecule has 1 aromatic carbocycles. The van der Waals surface area contributed by atoms with Gasteiger partial charge in [0, 0.05) is 12.2 Å². The van der Waals surface area contributed by atoms with Gasteiger partial charge in [0.25, 0.3) is 0 Å². The highest BCUT2D eigenvalue weighted by Gasteiger charge is 2.12. The Labute approximate surface area is 109 Å². The van der Waals surface area contributed by atoms with E-state index in [1.807, 2.05) is 31.2 Å². The van der Waals surface area contributed by atoms with Crippen LogP contribution in [0.25, 0.3) is 0 Å². The van der Waals surface area contributed by atoms with Gasteiger partial charge in [0.15, 0.2) is 0 Å². The van der Waals surface area contributed by atoms with Crippen molar-refractivity contribution in [3.63, 3.8) is 0 Å². The summed E-state index contributed by atoms with van der Waals surface area (Å²) in [4.78, 5) is 11.8. The first-order valence-corrected chi connectivity index (χ1v) is 6.21. The Morgan fingerprint density at radius 3 is 2.33 bits per heavy atom. The summed E-state index contributed by atoms with van der Waals surface area (Å²) >= 11 is 0. The molecular weight excluding hydrogens is 228 g/mol. The van der Waals surface area contributed by atoms with Crippen molar-refractivity contribution in [3.8, 4) is 5.75 Å². The molecule has 0 heterocycles. The zero-order valence-electron chi connectivity index (χ0n) is 11.5. The normalized spacial score (nSPS) is 12.1. The summed E-state index contributed by atoms with van der Waals surface area (Å²) in [6.07, 6.45) is 0. The number of rotatable bonds is 6. The highest BCUT2D eigenvalue weighted by molar-refractivity contribution is 5.84. The van der Waals surface area contributed by atoms with Crippen molar-refractivity contribution in [2.75, 3.05) is 19.0 Å². The van der Waals surface area contributed by atoms with E-state index in [-0.39, 0.29) is 11.9 Å². The SMILES string of the molecule is COc1ccc(NC(C)C(=O)NCC(C)C)cc1. The Bertz CT molecular complexity index is 374. The van der Waals surface area contributed by atoms with E-state index in [2.05, 4.69) is 24.5 Å². The number of carbonyl (C=O) groups is 1. The summed E-state index contributed by atoms with van der Waals surface area (Å²) < 4.78 is 5.08. The second-order valence-corrected chi connectivity index (χ2v) is 4.73. The third-order valence-corrected chi connectivity index (χ3v) is 2.55. The molecule has 1 rings (SSSR count). The number of ether oxygens (including phenoxy) is 1. The molecule has 0 aromatic heterocycles. The standard InChI is InChI=1S/C14H22N2O2/c1-10(2)9-15-14(17)11(3)16-12-5-7-13(18-4)8-6-12/h5-8,10-11,16H,9H2,1-4H3,(H,15,17). The Kier molecular flexibility index (Phi) is 5.49. The van der Waals surface area contributed by atoms with Crippen molar-refractivity contribution in [2.24, 2.45) is 5.92 Å². The molecule has 2 N–H and O–H groups in total. The largest absolute Gasteiger partial charge is 0.497 e. The van der Waals surface area contributed by atoms with Gasteiger partial charge in [0.2, 0.25) is 5.91 Å². The van der Waals surface area contributed by atoms with Crippen LogP contribution < -0.4 is 15.4 Å². The number of hydrogen-bond donors (Lipinski definition) is 2. The number of benzene rings is 1. The zero-order chi connectivity index (χ0) is 13.5. The monoisotopic (exact) mass is 250 g/mol. The van der Waals surface area contributed by atoms with Crippen LogP contribution in [0.5, 0.6) is 5.75 Å². The molecule has 4 nitrogen and oxygen atoms in total. The van der Waals surface area contributed by atoms with Crippen molar-refractivity contribution in [1.82, 2.24) is 5.32 Å². The van der Waals surface area contributed by atoms with E-state index in [4.69, 9.17) is 4.74 Å². The summed E-state index contributed by atoms with van der Waals surface area (Å²) in [6, 6.07) is 7.26. The van der Waals surface area contributed by atoms with Crippen LogP contribution in [0.3, 0.4) is 0 Å². The van der Waals surface area contributed by atoms with Crippen LogP contribution in [0.1, 0.15) is 20.8 Å². The highest BCUT2D eigenvalue weighted by Crippen LogP contribution is 2.15. The van der Waals surface area contributed by atoms with Gasteiger partial charge in [-0.2, -0.15) is 0 Å². The first-order chi connectivity index (χ1) is 8.52. The number of hydrogen-bond acceptors (Lipinski definition) is 3. The van der Waals surface area contributed by atoms with Crippen LogP contribution in [0, 0.1) is 5.92 Å². The molecule has 0 fully saturated rings. The summed E-state index contributed by atoms with van der Waals surface area (Å²) in [6.45, 7) is 6.69. The molecule has 0 aliphatic carbocycles. The second kappa shape index (κ2) is 6.89. The summed E-state index contributed by atoms with van der Waals surface area (Å²) in [5, 5.41) is 6.05. The molecule has 18 heavy (non-hydrogen) atoms. The topological polar surface area (TPSA) is 50.4 Å². The van der Waals surface area contributed by atoms with Crippen LogP contribution in [0.15, 0.2) is 24.3 Å². The van der Waals surface area contributed by atoms with Crippen LogP contribution in [0.4, 0.5) is 5.69 Å². The second-order valence-electron chi connectivity index (χ2n) is 4.73. The maximum Gasteiger partial charge on any atom is 0.242 e. The summed E-state index contributed by atoms with van der Waals surface area (Å²) in [5.41, 5.74) is 0.906. The Morgan fingerprint density at radius 1 is 1.22 bits per heavy atom. The third-order valence-electron chi connectivity index (χ3n) is 2.55. The fourth-order valence-electron chi connectivity index (χ4n) is 1.46. The molecular formula is C14H22N2O2. The van der Waals surface area contributed by atoms with Crippen molar-refractivity contribution < 1.29 is 9.53 Å². The van der Waals surface area contributed by atoms with Crippen molar-refractivity contribution in [2.45, 2.75) is 26.8 Å². The lowest BCUT2D eigenvalue weighted by Gasteiger charge is -2.16. The van der Waals surface area contributed by atoms with Gasteiger partial charge in [-0.15, -0.1) is 0 Å². The molecule has 1 atom stereocenters. The van der Waals surface area contributed by atoms with Crippen LogP contribution in [-0.2, 0) is 4.79 Å². The van der Waals surface area contributed by atoms with E-state index in [0.29, 0.717) is 12.5 Å². The van der Waals surface area contributed by atoms with E-state index in [1.165, 1.54) is 0 Å². The minimum absolute atomic E-state index is 0.0134. The number of nitrogens with one attached hydrogen (secondary N) is 2. The summed E-state index contributed by atoms with van der Waals surface area (Å²) in [7, 11) is 1.63. The lowest BCUT2D eigenvalue weighted by Crippen LogP contribution is -2.39. The first-order valence-electron chi connectivity index (χ1n) is 6.21. The number of amides is 1. The molecule has 1 unspecified atom stereocenters. The van der Waals surface area contributed by atoms with E-state index >= 15 is 0 Å². The van der Waals surface area contributed by atoms with Crippen LogP contribution >= 0.6 is 0 Å². The van der Waals surface area contributed by atoms with Gasteiger partial charge in [0.1, 0.15) is 11.8 Å². The molecule has 0 aliphatic rings. The molecule has 1 amide bonds. The quantitative estimate of drug-likeness (QED) is 0.814. The number of anilines is 1. The maximum atomic E-state index is 11.8. The lowest BCUT2D eigenvalue weighted by atomic mass is 10.2. The Morgan fingerprint density at radius 2 is 1.83 bits per heavy atom. The fourth-order valence-corrected chi connectivity index (χ4v) is 1.46. The van der Waals surface area contributed by atoms with E-state index in [1.54, 1.807) is 7.11 Å². The van der Waals surface area contributed by atoms with Crippen molar-refractivity contribution >= 4 is 11.6 Å². The predicted molar refractivity (Wildman–Crippen MR) is 73.9 cm³/mol. The minimum atomic E-state index is -0.253. The average molecular weight is 250 g/mol. The molecule has 0 saturated heterocycles. The predicted octanol–water partition coefficient (Wildman–Crippen LogP) is 2.27. The minimum Gasteiger partial charge on any atom is -0.497 e. The van der Waals surface area contributed by atoms with Crippen LogP contribution in [-0.4, -0.2) is 25.6 Å². The van der Waals surface area contributed by atoms with Gasteiger partial charge < -0.3 is 15.4 Å². The van der Waals surface area contributed by atoms with Gasteiger partial charge in [-0.25, -0.2) is 0 Å². The Balaban J connectivity index is 2.47. The summed E-state index contributed by atoms with van der Waals surface area (Å²) in [5.74, 6) is 1.28. The van der Waals surface area contributed by atoms with Gasteiger partial charge in [0.05, 0.1) is 7.11 Å². The smallest absolute Gasteiger partial charge is 0.242 e.